The molecule has 1 aromatic carbocycles. The molecule has 1 N–H and O–H groups in total. The van der Waals surface area contributed by atoms with E-state index < -0.39 is 0 Å². The number of nitrogens with one attached hydrogen (secondary N) is 1. The predicted molar refractivity (Wildman–Crippen MR) is 97.1 cm³/mol. The van der Waals surface area contributed by atoms with E-state index >= 15 is 0 Å². The van der Waals surface area contributed by atoms with E-state index in [1.165, 1.54) is 5.56 Å². The predicted octanol–water partition coefficient (Wildman–Crippen LogP) is 2.39. The van der Waals surface area contributed by atoms with Crippen LogP contribution >= 0.6 is 0 Å². The van der Waals surface area contributed by atoms with E-state index in [-0.39, 0.29) is 11.7 Å². The summed E-state index contributed by atoms with van der Waals surface area (Å²) in [5.74, 6) is 0.482. The Bertz CT molecular complexity index is 918. The van der Waals surface area contributed by atoms with Crippen molar-refractivity contribution in [3.63, 3.8) is 0 Å². The molecule has 128 valence electrons. The second kappa shape index (κ2) is 6.20. The fraction of sp³-hybridized carbons (Fsp3) is 0.316. The third-order valence-electron chi connectivity index (χ3n) is 4.86. The Kier molecular flexibility index (Phi) is 3.87. The molecule has 0 saturated carbocycles. The lowest BCUT2D eigenvalue weighted by Crippen LogP contribution is -2.20. The Hall–Kier alpha value is -2.89. The Morgan fingerprint density at radius 2 is 2.08 bits per heavy atom. The molecule has 0 spiro atoms. The first-order chi connectivity index (χ1) is 12.2. The van der Waals surface area contributed by atoms with E-state index in [1.807, 2.05) is 13.1 Å². The maximum atomic E-state index is 11.8. The average molecular weight is 335 g/mol. The summed E-state index contributed by atoms with van der Waals surface area (Å²) < 4.78 is 1.71. The summed E-state index contributed by atoms with van der Waals surface area (Å²) >= 11 is 0. The van der Waals surface area contributed by atoms with Gasteiger partial charge in [0.25, 0.3) is 5.91 Å². The minimum atomic E-state index is -0.269. The van der Waals surface area contributed by atoms with Crippen molar-refractivity contribution >= 4 is 17.2 Å². The quantitative estimate of drug-likeness (QED) is 0.798. The topological polar surface area (TPSA) is 62.5 Å². The van der Waals surface area contributed by atoms with Crippen molar-refractivity contribution in [2.24, 2.45) is 0 Å². The van der Waals surface area contributed by atoms with Gasteiger partial charge in [0.1, 0.15) is 0 Å². The van der Waals surface area contributed by atoms with Gasteiger partial charge < -0.3 is 10.2 Å². The molecule has 1 atom stereocenters. The molecule has 6 heteroatoms. The lowest BCUT2D eigenvalue weighted by atomic mass is 9.99. The Morgan fingerprint density at radius 1 is 1.28 bits per heavy atom. The molecular formula is C19H21N5O. The molecule has 25 heavy (non-hydrogen) atoms. The van der Waals surface area contributed by atoms with Crippen molar-refractivity contribution < 1.29 is 4.79 Å². The minimum absolute atomic E-state index is 0.200. The van der Waals surface area contributed by atoms with Crippen LogP contribution in [0.5, 0.6) is 0 Å². The van der Waals surface area contributed by atoms with Crippen LogP contribution in [0.1, 0.15) is 34.1 Å². The molecule has 4 rings (SSSR count). The first kappa shape index (κ1) is 15.6. The molecule has 0 radical (unpaired) electrons. The van der Waals surface area contributed by atoms with Crippen LogP contribution in [0.4, 0.5) is 5.69 Å². The molecule has 1 amide bonds. The van der Waals surface area contributed by atoms with Gasteiger partial charge in [-0.05, 0) is 30.5 Å². The number of amides is 1. The summed E-state index contributed by atoms with van der Waals surface area (Å²) in [5, 5.41) is 6.89. The van der Waals surface area contributed by atoms with E-state index in [0.29, 0.717) is 5.92 Å². The molecule has 0 bridgehead atoms. The van der Waals surface area contributed by atoms with Gasteiger partial charge in [0.2, 0.25) is 5.82 Å². The highest BCUT2D eigenvalue weighted by atomic mass is 16.2. The second-order valence-electron chi connectivity index (χ2n) is 6.51. The summed E-state index contributed by atoms with van der Waals surface area (Å²) in [5.41, 5.74) is 4.26. The molecule has 3 heterocycles. The van der Waals surface area contributed by atoms with E-state index in [1.54, 1.807) is 11.6 Å². The highest BCUT2D eigenvalue weighted by Crippen LogP contribution is 2.31. The molecular weight excluding hydrogens is 314 g/mol. The number of hydrogen-bond acceptors (Lipinski definition) is 4. The van der Waals surface area contributed by atoms with Crippen molar-refractivity contribution in [3.05, 3.63) is 59.5 Å². The lowest BCUT2D eigenvalue weighted by molar-refractivity contribution is 0.0953. The Balaban J connectivity index is 1.62. The van der Waals surface area contributed by atoms with E-state index in [9.17, 15) is 4.79 Å². The highest BCUT2D eigenvalue weighted by Gasteiger charge is 2.25. The van der Waals surface area contributed by atoms with Crippen LogP contribution in [-0.2, 0) is 0 Å². The molecule has 1 saturated heterocycles. The molecule has 2 aromatic heterocycles. The number of anilines is 1. The second-order valence-corrected chi connectivity index (χ2v) is 6.51. The standard InChI is InChI=1S/C19H21N5O/c1-13-10-16(12-24-18(13)21-17(22-24)19(25)20-2)23-9-8-15(11-23)14-6-4-3-5-7-14/h3-7,10,12,15H,8-9,11H2,1-2H3,(H,20,25). The zero-order chi connectivity index (χ0) is 17.4. The first-order valence-corrected chi connectivity index (χ1v) is 8.54. The lowest BCUT2D eigenvalue weighted by Gasteiger charge is -2.19. The van der Waals surface area contributed by atoms with Gasteiger partial charge in [-0.25, -0.2) is 9.50 Å². The number of fused-ring (bicyclic) bond motifs is 1. The smallest absolute Gasteiger partial charge is 0.290 e. The van der Waals surface area contributed by atoms with E-state index in [4.69, 9.17) is 0 Å². The number of rotatable bonds is 3. The Labute approximate surface area is 146 Å². The average Bonchev–Trinajstić information content (AvgIpc) is 3.29. The fourth-order valence-corrected chi connectivity index (χ4v) is 3.50. The van der Waals surface area contributed by atoms with Crippen LogP contribution in [0.3, 0.4) is 0 Å². The van der Waals surface area contributed by atoms with Gasteiger partial charge in [0.15, 0.2) is 5.65 Å². The number of nitrogens with zero attached hydrogens (tertiary/aromatic N) is 4. The molecule has 1 aliphatic heterocycles. The number of aromatic nitrogens is 3. The zero-order valence-electron chi connectivity index (χ0n) is 14.4. The number of aryl methyl sites for hydroxylation is 1. The van der Waals surface area contributed by atoms with Gasteiger partial charge in [-0.3, -0.25) is 4.79 Å². The van der Waals surface area contributed by atoms with Crippen molar-refractivity contribution in [1.82, 2.24) is 19.9 Å². The van der Waals surface area contributed by atoms with E-state index in [2.05, 4.69) is 56.7 Å². The monoisotopic (exact) mass is 335 g/mol. The van der Waals surface area contributed by atoms with Crippen LogP contribution in [0, 0.1) is 6.92 Å². The minimum Gasteiger partial charge on any atom is -0.370 e. The van der Waals surface area contributed by atoms with Gasteiger partial charge in [0, 0.05) is 26.1 Å². The van der Waals surface area contributed by atoms with Crippen LogP contribution < -0.4 is 10.2 Å². The van der Waals surface area contributed by atoms with Crippen molar-refractivity contribution in [3.8, 4) is 0 Å². The summed E-state index contributed by atoms with van der Waals surface area (Å²) in [4.78, 5) is 18.5. The van der Waals surface area contributed by atoms with Gasteiger partial charge in [-0.1, -0.05) is 30.3 Å². The Morgan fingerprint density at radius 3 is 2.84 bits per heavy atom. The molecule has 6 nitrogen and oxygen atoms in total. The fourth-order valence-electron chi connectivity index (χ4n) is 3.50. The van der Waals surface area contributed by atoms with Crippen molar-refractivity contribution in [2.75, 3.05) is 25.0 Å². The number of carbonyl (C=O) groups excluding carboxylic acids is 1. The SMILES string of the molecule is CNC(=O)c1nc2c(C)cc(N3CCC(c4ccccc4)C3)cn2n1. The zero-order valence-corrected chi connectivity index (χ0v) is 14.4. The number of benzene rings is 1. The summed E-state index contributed by atoms with van der Waals surface area (Å²) in [7, 11) is 1.58. The highest BCUT2D eigenvalue weighted by molar-refractivity contribution is 5.90. The largest absolute Gasteiger partial charge is 0.370 e. The summed E-state index contributed by atoms with van der Waals surface area (Å²) in [6.45, 7) is 4.01. The summed E-state index contributed by atoms with van der Waals surface area (Å²) in [6.07, 6.45) is 3.11. The third-order valence-corrected chi connectivity index (χ3v) is 4.86. The number of carbonyl (C=O) groups is 1. The third kappa shape index (κ3) is 2.84. The van der Waals surface area contributed by atoms with Crippen LogP contribution in [0.2, 0.25) is 0 Å². The normalized spacial score (nSPS) is 17.2. The maximum Gasteiger partial charge on any atom is 0.290 e. The maximum absolute atomic E-state index is 11.8. The van der Waals surface area contributed by atoms with Crippen LogP contribution in [0.25, 0.3) is 5.65 Å². The van der Waals surface area contributed by atoms with Gasteiger partial charge in [-0.2, -0.15) is 0 Å². The molecule has 1 fully saturated rings. The number of hydrogen-bond donors (Lipinski definition) is 1. The summed E-state index contributed by atoms with van der Waals surface area (Å²) in [6, 6.07) is 12.8. The molecule has 3 aromatic rings. The molecule has 1 aliphatic rings. The molecule has 0 aliphatic carbocycles. The first-order valence-electron chi connectivity index (χ1n) is 8.54. The van der Waals surface area contributed by atoms with Gasteiger partial charge in [-0.15, -0.1) is 5.10 Å². The van der Waals surface area contributed by atoms with Crippen molar-refractivity contribution in [2.45, 2.75) is 19.3 Å². The van der Waals surface area contributed by atoms with Crippen LogP contribution in [0.15, 0.2) is 42.6 Å². The number of pyridine rings is 1. The van der Waals surface area contributed by atoms with Crippen molar-refractivity contribution in [1.29, 1.82) is 0 Å². The van der Waals surface area contributed by atoms with Crippen LogP contribution in [-0.4, -0.2) is 40.6 Å². The molecule has 1 unspecified atom stereocenters. The van der Waals surface area contributed by atoms with E-state index in [0.717, 1.165) is 36.4 Å². The van der Waals surface area contributed by atoms with Gasteiger partial charge in [0.05, 0.1) is 11.9 Å². The van der Waals surface area contributed by atoms with Gasteiger partial charge >= 0.3 is 0 Å².